The van der Waals surface area contributed by atoms with E-state index in [1.807, 2.05) is 0 Å². The molecule has 1 aromatic rings. The Morgan fingerprint density at radius 1 is 1.35 bits per heavy atom. The van der Waals surface area contributed by atoms with Gasteiger partial charge >= 0.3 is 5.97 Å². The number of rotatable bonds is 4. The van der Waals surface area contributed by atoms with Gasteiger partial charge in [-0.25, -0.2) is 0 Å². The number of ether oxygens (including phenoxy) is 1. The molecule has 1 aliphatic heterocycles. The fourth-order valence-electron chi connectivity index (χ4n) is 2.93. The van der Waals surface area contributed by atoms with Crippen LogP contribution in [0.5, 0.6) is 0 Å². The molecule has 1 aromatic carbocycles. The first-order valence-electron chi connectivity index (χ1n) is 7.08. The van der Waals surface area contributed by atoms with Crippen molar-refractivity contribution in [1.29, 1.82) is 0 Å². The van der Waals surface area contributed by atoms with Crippen LogP contribution in [0.3, 0.4) is 0 Å². The maximum absolute atomic E-state index is 10.8. The molecule has 1 saturated heterocycles. The van der Waals surface area contributed by atoms with Crippen LogP contribution in [0.15, 0.2) is 12.1 Å². The van der Waals surface area contributed by atoms with E-state index < -0.39 is 5.97 Å². The van der Waals surface area contributed by atoms with Crippen LogP contribution in [-0.4, -0.2) is 41.8 Å². The highest BCUT2D eigenvalue weighted by molar-refractivity contribution is 5.67. The lowest BCUT2D eigenvalue weighted by atomic mass is 9.99. The molecule has 4 nitrogen and oxygen atoms in total. The van der Waals surface area contributed by atoms with Gasteiger partial charge in [-0.05, 0) is 37.5 Å². The summed E-state index contributed by atoms with van der Waals surface area (Å²) in [7, 11) is 0. The molecular formula is C16H23NO3. The van der Waals surface area contributed by atoms with Gasteiger partial charge in [-0.3, -0.25) is 9.69 Å². The Morgan fingerprint density at radius 2 is 2.00 bits per heavy atom. The van der Waals surface area contributed by atoms with Gasteiger partial charge < -0.3 is 9.84 Å². The van der Waals surface area contributed by atoms with Crippen LogP contribution < -0.4 is 0 Å². The first kappa shape index (κ1) is 15.0. The summed E-state index contributed by atoms with van der Waals surface area (Å²) in [5, 5.41) is 8.86. The third-order valence-electron chi connectivity index (χ3n) is 3.85. The van der Waals surface area contributed by atoms with Crippen molar-refractivity contribution in [2.45, 2.75) is 39.8 Å². The molecule has 20 heavy (non-hydrogen) atoms. The predicted octanol–water partition coefficient (Wildman–Crippen LogP) is 2.29. The molecular weight excluding hydrogens is 254 g/mol. The first-order valence-corrected chi connectivity index (χ1v) is 7.08. The summed E-state index contributed by atoms with van der Waals surface area (Å²) in [6.45, 7) is 9.44. The van der Waals surface area contributed by atoms with Crippen LogP contribution in [0.4, 0.5) is 0 Å². The van der Waals surface area contributed by atoms with Crippen molar-refractivity contribution in [3.63, 3.8) is 0 Å². The number of aryl methyl sites for hydroxylation is 3. The van der Waals surface area contributed by atoms with E-state index in [2.05, 4.69) is 37.8 Å². The number of carbonyl (C=O) groups is 1. The molecule has 0 spiro atoms. The minimum Gasteiger partial charge on any atom is -0.481 e. The largest absolute Gasteiger partial charge is 0.481 e. The van der Waals surface area contributed by atoms with Crippen molar-refractivity contribution in [2.75, 3.05) is 19.7 Å². The van der Waals surface area contributed by atoms with E-state index in [1.54, 1.807) is 0 Å². The van der Waals surface area contributed by atoms with E-state index in [1.165, 1.54) is 22.3 Å². The molecule has 0 aromatic heterocycles. The lowest BCUT2D eigenvalue weighted by molar-refractivity contribution is -0.142. The Labute approximate surface area is 120 Å². The summed E-state index contributed by atoms with van der Waals surface area (Å²) in [4.78, 5) is 13.1. The first-order chi connectivity index (χ1) is 9.45. The molecule has 1 fully saturated rings. The van der Waals surface area contributed by atoms with Crippen LogP contribution in [0.25, 0.3) is 0 Å². The summed E-state index contributed by atoms with van der Waals surface area (Å²) in [5.74, 6) is -0.792. The van der Waals surface area contributed by atoms with Crippen LogP contribution in [0.1, 0.15) is 28.7 Å². The maximum Gasteiger partial charge on any atom is 0.306 e. The topological polar surface area (TPSA) is 49.8 Å². The number of carboxylic acid groups (broad SMARTS) is 1. The minimum atomic E-state index is -0.792. The summed E-state index contributed by atoms with van der Waals surface area (Å²) in [6, 6.07) is 4.41. The molecule has 4 heteroatoms. The Kier molecular flexibility index (Phi) is 4.78. The number of morpholine rings is 1. The number of hydrogen-bond acceptors (Lipinski definition) is 3. The summed E-state index contributed by atoms with van der Waals surface area (Å²) >= 11 is 0. The molecule has 0 aliphatic carbocycles. The summed E-state index contributed by atoms with van der Waals surface area (Å²) in [6.07, 6.45) is -0.102. The molecule has 1 atom stereocenters. The molecule has 1 N–H and O–H groups in total. The number of benzene rings is 1. The van der Waals surface area contributed by atoms with Crippen LogP contribution in [-0.2, 0) is 16.1 Å². The third kappa shape index (κ3) is 3.81. The second-order valence-corrected chi connectivity index (χ2v) is 5.70. The average molecular weight is 277 g/mol. The van der Waals surface area contributed by atoms with Crippen molar-refractivity contribution < 1.29 is 14.6 Å². The molecule has 1 aliphatic rings. The second kappa shape index (κ2) is 6.37. The van der Waals surface area contributed by atoms with E-state index in [0.717, 1.165) is 13.1 Å². The molecule has 1 unspecified atom stereocenters. The molecule has 0 radical (unpaired) electrons. The van der Waals surface area contributed by atoms with Gasteiger partial charge in [0.1, 0.15) is 0 Å². The zero-order valence-corrected chi connectivity index (χ0v) is 12.5. The van der Waals surface area contributed by atoms with E-state index >= 15 is 0 Å². The van der Waals surface area contributed by atoms with Gasteiger partial charge in [0.25, 0.3) is 0 Å². The van der Waals surface area contributed by atoms with Gasteiger partial charge in [-0.15, -0.1) is 0 Å². The standard InChI is InChI=1S/C16H23NO3/c1-11-6-12(2)15(13(3)7-11)10-17-4-5-20-14(9-17)8-16(18)19/h6-7,14H,4-5,8-10H2,1-3H3,(H,18,19). The van der Waals surface area contributed by atoms with Crippen LogP contribution in [0.2, 0.25) is 0 Å². The van der Waals surface area contributed by atoms with E-state index in [4.69, 9.17) is 9.84 Å². The predicted molar refractivity (Wildman–Crippen MR) is 77.9 cm³/mol. The molecule has 0 amide bonds. The lowest BCUT2D eigenvalue weighted by Gasteiger charge is -2.33. The van der Waals surface area contributed by atoms with E-state index in [-0.39, 0.29) is 12.5 Å². The number of nitrogens with zero attached hydrogens (tertiary/aromatic N) is 1. The second-order valence-electron chi connectivity index (χ2n) is 5.70. The zero-order chi connectivity index (χ0) is 14.7. The Balaban J connectivity index is 2.04. The highest BCUT2D eigenvalue weighted by Crippen LogP contribution is 2.20. The van der Waals surface area contributed by atoms with Crippen molar-refractivity contribution in [3.05, 3.63) is 34.4 Å². The van der Waals surface area contributed by atoms with E-state index in [9.17, 15) is 4.79 Å². The summed E-state index contributed by atoms with van der Waals surface area (Å²) < 4.78 is 5.51. The van der Waals surface area contributed by atoms with Gasteiger partial charge in [0.2, 0.25) is 0 Å². The molecule has 0 saturated carbocycles. The van der Waals surface area contributed by atoms with Crippen LogP contribution in [0, 0.1) is 20.8 Å². The minimum absolute atomic E-state index is 0.0857. The van der Waals surface area contributed by atoms with Crippen molar-refractivity contribution in [1.82, 2.24) is 4.90 Å². The maximum atomic E-state index is 10.8. The molecule has 2 rings (SSSR count). The Hall–Kier alpha value is -1.39. The van der Waals surface area contributed by atoms with Crippen LogP contribution >= 0.6 is 0 Å². The van der Waals surface area contributed by atoms with Gasteiger partial charge in [0.05, 0.1) is 19.1 Å². The van der Waals surface area contributed by atoms with Gasteiger partial charge in [0, 0.05) is 19.6 Å². The quantitative estimate of drug-likeness (QED) is 0.917. The van der Waals surface area contributed by atoms with Crippen molar-refractivity contribution in [2.24, 2.45) is 0 Å². The fraction of sp³-hybridized carbons (Fsp3) is 0.562. The summed E-state index contributed by atoms with van der Waals surface area (Å²) in [5.41, 5.74) is 5.26. The molecule has 0 bridgehead atoms. The van der Waals surface area contributed by atoms with Gasteiger partial charge in [-0.2, -0.15) is 0 Å². The Morgan fingerprint density at radius 3 is 2.60 bits per heavy atom. The highest BCUT2D eigenvalue weighted by Gasteiger charge is 2.23. The van der Waals surface area contributed by atoms with Gasteiger partial charge in [0.15, 0.2) is 0 Å². The fourth-order valence-corrected chi connectivity index (χ4v) is 2.93. The highest BCUT2D eigenvalue weighted by atomic mass is 16.5. The molecule has 1 heterocycles. The zero-order valence-electron chi connectivity index (χ0n) is 12.5. The normalized spacial score (nSPS) is 20.1. The Bertz CT molecular complexity index is 475. The van der Waals surface area contributed by atoms with Crippen molar-refractivity contribution in [3.8, 4) is 0 Å². The SMILES string of the molecule is Cc1cc(C)c(CN2CCOC(CC(=O)O)C2)c(C)c1. The lowest BCUT2D eigenvalue weighted by Crippen LogP contribution is -2.43. The smallest absolute Gasteiger partial charge is 0.306 e. The molecule has 110 valence electrons. The van der Waals surface area contributed by atoms with E-state index in [0.29, 0.717) is 13.2 Å². The number of aliphatic carboxylic acids is 1. The monoisotopic (exact) mass is 277 g/mol. The van der Waals surface area contributed by atoms with Crippen molar-refractivity contribution >= 4 is 5.97 Å². The van der Waals surface area contributed by atoms with Gasteiger partial charge in [-0.1, -0.05) is 17.7 Å². The number of carboxylic acids is 1. The average Bonchev–Trinajstić information content (AvgIpc) is 2.33. The number of hydrogen-bond donors (Lipinski definition) is 1. The third-order valence-corrected chi connectivity index (χ3v) is 3.85.